The summed E-state index contributed by atoms with van der Waals surface area (Å²) in [5.41, 5.74) is 7.18. The van der Waals surface area contributed by atoms with Crippen molar-refractivity contribution in [3.8, 4) is 0 Å². The van der Waals surface area contributed by atoms with Gasteiger partial charge in [-0.1, -0.05) is 0 Å². The molecule has 2 aromatic heterocycles. The molecule has 0 aliphatic heterocycles. The number of aromatic nitrogens is 2. The van der Waals surface area contributed by atoms with Crippen LogP contribution in [0.1, 0.15) is 31.5 Å². The minimum Gasteiger partial charge on any atom is -0.271 e. The molecule has 2 heterocycles. The van der Waals surface area contributed by atoms with E-state index in [2.05, 4.69) is 16.0 Å². The van der Waals surface area contributed by atoms with Gasteiger partial charge in [-0.2, -0.15) is 5.10 Å². The third kappa shape index (κ3) is 3.69. The average Bonchev–Trinajstić information content (AvgIpc) is 2.89. The van der Waals surface area contributed by atoms with Crippen molar-refractivity contribution in [2.45, 2.75) is 34.2 Å². The topological polar surface area (TPSA) is 76.0 Å². The number of hydrogen-bond acceptors (Lipinski definition) is 4. The van der Waals surface area contributed by atoms with E-state index in [9.17, 15) is 9.59 Å². The zero-order valence-corrected chi connectivity index (χ0v) is 13.3. The van der Waals surface area contributed by atoms with E-state index in [1.54, 1.807) is 16.0 Å². The van der Waals surface area contributed by atoms with E-state index in [1.807, 2.05) is 39.8 Å². The van der Waals surface area contributed by atoms with Gasteiger partial charge in [0, 0.05) is 15.4 Å². The van der Waals surface area contributed by atoms with Crippen LogP contribution in [0.25, 0.3) is 0 Å². The normalized spacial score (nSPS) is 10.5. The third-order valence-corrected chi connectivity index (χ3v) is 3.96. The van der Waals surface area contributed by atoms with Gasteiger partial charge in [0.15, 0.2) is 0 Å². The second-order valence-electron chi connectivity index (χ2n) is 4.91. The molecule has 2 N–H and O–H groups in total. The number of rotatable bonds is 3. The van der Waals surface area contributed by atoms with E-state index in [1.165, 1.54) is 0 Å². The third-order valence-electron chi connectivity index (χ3n) is 3.00. The maximum atomic E-state index is 12.0. The van der Waals surface area contributed by atoms with Crippen LogP contribution in [0.4, 0.5) is 0 Å². The van der Waals surface area contributed by atoms with Crippen molar-refractivity contribution in [3.05, 3.63) is 38.8 Å². The molecule has 0 spiro atoms. The van der Waals surface area contributed by atoms with Crippen LogP contribution in [0.5, 0.6) is 0 Å². The molecule has 0 bridgehead atoms. The molecule has 0 aliphatic carbocycles. The van der Waals surface area contributed by atoms with E-state index in [0.29, 0.717) is 5.56 Å². The van der Waals surface area contributed by atoms with Crippen molar-refractivity contribution in [1.82, 2.24) is 20.6 Å². The highest BCUT2D eigenvalue weighted by molar-refractivity contribution is 7.12. The van der Waals surface area contributed by atoms with Gasteiger partial charge in [-0.25, -0.2) is 0 Å². The highest BCUT2D eigenvalue weighted by atomic mass is 32.1. The molecular weight excluding hydrogens is 288 g/mol. The smallest absolute Gasteiger partial charge is 0.270 e. The lowest BCUT2D eigenvalue weighted by molar-refractivity contribution is -0.122. The van der Waals surface area contributed by atoms with Crippen LogP contribution in [0, 0.1) is 27.7 Å². The van der Waals surface area contributed by atoms with Crippen LogP contribution >= 0.6 is 11.3 Å². The largest absolute Gasteiger partial charge is 0.271 e. The molecule has 112 valence electrons. The highest BCUT2D eigenvalue weighted by Gasteiger charge is 2.13. The predicted molar refractivity (Wildman–Crippen MR) is 81.1 cm³/mol. The number of thiophene rings is 1. The monoisotopic (exact) mass is 306 g/mol. The maximum absolute atomic E-state index is 12.0. The molecule has 6 nitrogen and oxygen atoms in total. The Labute approximate surface area is 127 Å². The first-order valence-electron chi connectivity index (χ1n) is 6.54. The quantitative estimate of drug-likeness (QED) is 0.846. The summed E-state index contributed by atoms with van der Waals surface area (Å²) in [6.07, 6.45) is 0. The van der Waals surface area contributed by atoms with Crippen molar-refractivity contribution in [3.63, 3.8) is 0 Å². The Hall–Kier alpha value is -2.15. The number of nitrogens with zero attached hydrogens (tertiary/aromatic N) is 2. The van der Waals surface area contributed by atoms with E-state index in [4.69, 9.17) is 0 Å². The van der Waals surface area contributed by atoms with E-state index < -0.39 is 0 Å². The molecule has 0 atom stereocenters. The van der Waals surface area contributed by atoms with Gasteiger partial charge < -0.3 is 0 Å². The average molecular weight is 306 g/mol. The number of hydrogen-bond donors (Lipinski definition) is 2. The SMILES string of the molecule is Cc1cc(C)n(CC(=O)NNC(=O)c2cc(C)sc2C)n1. The minimum absolute atomic E-state index is 0.0710. The van der Waals surface area contributed by atoms with Gasteiger partial charge in [-0.3, -0.25) is 25.1 Å². The predicted octanol–water partition coefficient (Wildman–Crippen LogP) is 1.64. The minimum atomic E-state index is -0.320. The Kier molecular flexibility index (Phi) is 4.42. The Morgan fingerprint density at radius 1 is 1.19 bits per heavy atom. The van der Waals surface area contributed by atoms with Crippen LogP contribution in [-0.2, 0) is 11.3 Å². The molecule has 21 heavy (non-hydrogen) atoms. The zero-order valence-electron chi connectivity index (χ0n) is 12.5. The summed E-state index contributed by atoms with van der Waals surface area (Å²) in [7, 11) is 0. The van der Waals surface area contributed by atoms with Gasteiger partial charge in [-0.15, -0.1) is 11.3 Å². The molecule has 0 saturated carbocycles. The molecule has 2 rings (SSSR count). The molecule has 0 aliphatic rings. The molecule has 7 heteroatoms. The standard InChI is InChI=1S/C14H18N4O2S/c1-8-5-9(2)18(17-8)7-13(19)15-16-14(20)12-6-10(3)21-11(12)4/h5-6H,7H2,1-4H3,(H,15,19)(H,16,20). The number of carbonyl (C=O) groups is 2. The Bertz CT molecular complexity index is 687. The summed E-state index contributed by atoms with van der Waals surface area (Å²) < 4.78 is 1.59. The lowest BCUT2D eigenvalue weighted by Crippen LogP contribution is -2.43. The number of amides is 2. The second kappa shape index (κ2) is 6.09. The molecule has 0 fully saturated rings. The second-order valence-corrected chi connectivity index (χ2v) is 6.37. The molecule has 0 saturated heterocycles. The molecular formula is C14H18N4O2S. The van der Waals surface area contributed by atoms with E-state index in [0.717, 1.165) is 21.1 Å². The number of hydrazine groups is 1. The van der Waals surface area contributed by atoms with Crippen LogP contribution in [0.2, 0.25) is 0 Å². The van der Waals surface area contributed by atoms with E-state index >= 15 is 0 Å². The first kappa shape index (κ1) is 15.2. The lowest BCUT2D eigenvalue weighted by atomic mass is 10.2. The van der Waals surface area contributed by atoms with Crippen molar-refractivity contribution >= 4 is 23.2 Å². The summed E-state index contributed by atoms with van der Waals surface area (Å²) in [6, 6.07) is 3.70. The summed E-state index contributed by atoms with van der Waals surface area (Å²) >= 11 is 1.55. The van der Waals surface area contributed by atoms with Gasteiger partial charge in [0.25, 0.3) is 11.8 Å². The molecule has 2 amide bonds. The fourth-order valence-electron chi connectivity index (χ4n) is 2.06. The van der Waals surface area contributed by atoms with Crippen molar-refractivity contribution in [1.29, 1.82) is 0 Å². The van der Waals surface area contributed by atoms with Crippen molar-refractivity contribution in [2.75, 3.05) is 0 Å². The fourth-order valence-corrected chi connectivity index (χ4v) is 2.98. The van der Waals surface area contributed by atoms with Crippen molar-refractivity contribution in [2.24, 2.45) is 0 Å². The number of carbonyl (C=O) groups excluding carboxylic acids is 2. The molecule has 2 aromatic rings. The summed E-state index contributed by atoms with van der Waals surface area (Å²) in [4.78, 5) is 25.8. The van der Waals surface area contributed by atoms with Crippen LogP contribution in [0.3, 0.4) is 0 Å². The lowest BCUT2D eigenvalue weighted by Gasteiger charge is -2.08. The molecule has 0 aromatic carbocycles. The Morgan fingerprint density at radius 3 is 2.43 bits per heavy atom. The fraction of sp³-hybridized carbons (Fsp3) is 0.357. The van der Waals surface area contributed by atoms with Crippen LogP contribution < -0.4 is 10.9 Å². The van der Waals surface area contributed by atoms with Crippen LogP contribution in [0.15, 0.2) is 12.1 Å². The first-order chi connectivity index (χ1) is 9.86. The number of aryl methyl sites for hydroxylation is 4. The summed E-state index contributed by atoms with van der Waals surface area (Å²) in [5.74, 6) is -0.627. The van der Waals surface area contributed by atoms with Crippen LogP contribution in [-0.4, -0.2) is 21.6 Å². The first-order valence-corrected chi connectivity index (χ1v) is 7.35. The number of nitrogens with one attached hydrogen (secondary N) is 2. The van der Waals surface area contributed by atoms with Gasteiger partial charge in [0.2, 0.25) is 0 Å². The zero-order chi connectivity index (χ0) is 15.6. The Morgan fingerprint density at radius 2 is 1.90 bits per heavy atom. The summed E-state index contributed by atoms with van der Waals surface area (Å²) in [6.45, 7) is 7.63. The van der Waals surface area contributed by atoms with Crippen molar-refractivity contribution < 1.29 is 9.59 Å². The molecule has 0 unspecified atom stereocenters. The maximum Gasteiger partial charge on any atom is 0.270 e. The summed E-state index contributed by atoms with van der Waals surface area (Å²) in [5, 5.41) is 4.20. The Balaban J connectivity index is 1.91. The van der Waals surface area contributed by atoms with Gasteiger partial charge >= 0.3 is 0 Å². The van der Waals surface area contributed by atoms with E-state index in [-0.39, 0.29) is 18.4 Å². The van der Waals surface area contributed by atoms with Gasteiger partial charge in [0.1, 0.15) is 6.54 Å². The van der Waals surface area contributed by atoms with Gasteiger partial charge in [-0.05, 0) is 39.8 Å². The van der Waals surface area contributed by atoms with Gasteiger partial charge in [0.05, 0.1) is 11.3 Å². The molecule has 0 radical (unpaired) electrons. The highest BCUT2D eigenvalue weighted by Crippen LogP contribution is 2.19.